The molecule has 0 bridgehead atoms. The van der Waals surface area contributed by atoms with Crippen molar-refractivity contribution in [3.63, 3.8) is 0 Å². The lowest BCUT2D eigenvalue weighted by molar-refractivity contribution is 0.336. The van der Waals surface area contributed by atoms with E-state index in [4.69, 9.17) is 0 Å². The molecular weight excluding hydrogens is 194 g/mol. The predicted molar refractivity (Wildman–Crippen MR) is 69.7 cm³/mol. The van der Waals surface area contributed by atoms with Crippen LogP contribution in [-0.4, -0.2) is 12.6 Å². The highest BCUT2D eigenvalue weighted by atomic mass is 15.0. The van der Waals surface area contributed by atoms with Crippen molar-refractivity contribution in [2.45, 2.75) is 46.1 Å². The molecule has 0 atom stereocenters. The first-order valence-electron chi connectivity index (χ1n) is 6.35. The van der Waals surface area contributed by atoms with Crippen LogP contribution in [0.3, 0.4) is 0 Å². The van der Waals surface area contributed by atoms with Crippen LogP contribution in [0.15, 0.2) is 24.3 Å². The van der Waals surface area contributed by atoms with Crippen molar-refractivity contribution in [2.24, 2.45) is 5.41 Å². The monoisotopic (exact) mass is 217 g/mol. The Bertz CT molecular complexity index is 350. The zero-order valence-corrected chi connectivity index (χ0v) is 10.7. The number of hydrogen-bond donors (Lipinski definition) is 1. The molecule has 0 amide bonds. The third kappa shape index (κ3) is 3.34. The summed E-state index contributed by atoms with van der Waals surface area (Å²) in [5.41, 5.74) is 3.27. The Morgan fingerprint density at radius 2 is 1.94 bits per heavy atom. The van der Waals surface area contributed by atoms with E-state index in [1.807, 2.05) is 0 Å². The molecule has 1 aromatic carbocycles. The lowest BCUT2D eigenvalue weighted by atomic mass is 9.84. The Morgan fingerprint density at radius 3 is 2.56 bits per heavy atom. The molecule has 0 radical (unpaired) electrons. The second-order valence-corrected chi connectivity index (χ2v) is 5.92. The lowest BCUT2D eigenvalue weighted by Crippen LogP contribution is -2.32. The van der Waals surface area contributed by atoms with E-state index in [2.05, 4.69) is 50.4 Å². The summed E-state index contributed by atoms with van der Waals surface area (Å²) in [5, 5.41) is 3.64. The molecule has 1 aliphatic rings. The summed E-state index contributed by atoms with van der Waals surface area (Å²) >= 11 is 0. The average molecular weight is 217 g/mol. The van der Waals surface area contributed by atoms with E-state index in [9.17, 15) is 0 Å². The highest BCUT2D eigenvalue weighted by Gasteiger charge is 2.25. The number of aryl methyl sites for hydroxylation is 1. The van der Waals surface area contributed by atoms with Crippen LogP contribution in [0, 0.1) is 12.3 Å². The van der Waals surface area contributed by atoms with Gasteiger partial charge in [0.25, 0.3) is 0 Å². The smallest absolute Gasteiger partial charge is 0.00684 e. The minimum Gasteiger partial charge on any atom is -0.313 e. The normalized spacial score (nSPS) is 16.4. The molecule has 16 heavy (non-hydrogen) atoms. The zero-order chi connectivity index (χ0) is 11.6. The molecule has 0 saturated heterocycles. The SMILES string of the molecule is Cc1ccccc1CC(C)(C)CNC1CC1. The Kier molecular flexibility index (Phi) is 3.34. The third-order valence-electron chi connectivity index (χ3n) is 3.38. The number of hydrogen-bond acceptors (Lipinski definition) is 1. The van der Waals surface area contributed by atoms with Crippen LogP contribution in [0.4, 0.5) is 0 Å². The highest BCUT2D eigenvalue weighted by Crippen LogP contribution is 2.25. The fraction of sp³-hybridized carbons (Fsp3) is 0.600. The van der Waals surface area contributed by atoms with E-state index < -0.39 is 0 Å². The second-order valence-electron chi connectivity index (χ2n) is 5.92. The standard InChI is InChI=1S/C15H23N/c1-12-6-4-5-7-13(12)10-15(2,3)11-16-14-8-9-14/h4-7,14,16H,8-11H2,1-3H3. The Labute approximate surface area is 99.3 Å². The lowest BCUT2D eigenvalue weighted by Gasteiger charge is -2.26. The van der Waals surface area contributed by atoms with E-state index >= 15 is 0 Å². The summed E-state index contributed by atoms with van der Waals surface area (Å²) < 4.78 is 0. The molecule has 0 spiro atoms. The first kappa shape index (κ1) is 11.7. The summed E-state index contributed by atoms with van der Waals surface area (Å²) in [7, 11) is 0. The van der Waals surface area contributed by atoms with Gasteiger partial charge in [0, 0.05) is 12.6 Å². The maximum absolute atomic E-state index is 3.64. The van der Waals surface area contributed by atoms with Crippen LogP contribution >= 0.6 is 0 Å². The van der Waals surface area contributed by atoms with Crippen molar-refractivity contribution in [2.75, 3.05) is 6.54 Å². The summed E-state index contributed by atoms with van der Waals surface area (Å²) in [5.74, 6) is 0. The fourth-order valence-electron chi connectivity index (χ4n) is 2.09. The quantitative estimate of drug-likeness (QED) is 0.798. The van der Waals surface area contributed by atoms with Gasteiger partial charge in [-0.05, 0) is 42.7 Å². The van der Waals surface area contributed by atoms with E-state index in [0.29, 0.717) is 5.41 Å². The van der Waals surface area contributed by atoms with E-state index in [0.717, 1.165) is 12.6 Å². The van der Waals surface area contributed by atoms with Crippen LogP contribution in [-0.2, 0) is 6.42 Å². The van der Waals surface area contributed by atoms with Crippen LogP contribution in [0.1, 0.15) is 37.8 Å². The molecule has 88 valence electrons. The van der Waals surface area contributed by atoms with Crippen molar-refractivity contribution in [1.82, 2.24) is 5.32 Å². The third-order valence-corrected chi connectivity index (χ3v) is 3.38. The summed E-state index contributed by atoms with van der Waals surface area (Å²) in [6.07, 6.45) is 3.92. The highest BCUT2D eigenvalue weighted by molar-refractivity contribution is 5.26. The van der Waals surface area contributed by atoms with Gasteiger partial charge >= 0.3 is 0 Å². The molecular formula is C15H23N. The molecule has 2 rings (SSSR count). The van der Waals surface area contributed by atoms with E-state index in [1.54, 1.807) is 0 Å². The Balaban J connectivity index is 1.93. The van der Waals surface area contributed by atoms with Crippen LogP contribution in [0.25, 0.3) is 0 Å². The molecule has 1 aromatic rings. The number of nitrogens with one attached hydrogen (secondary N) is 1. The molecule has 1 saturated carbocycles. The minimum atomic E-state index is 0.356. The van der Waals surface area contributed by atoms with Gasteiger partial charge in [-0.25, -0.2) is 0 Å². The maximum Gasteiger partial charge on any atom is 0.00684 e. The van der Waals surface area contributed by atoms with Crippen molar-refractivity contribution in [3.8, 4) is 0 Å². The van der Waals surface area contributed by atoms with Gasteiger partial charge in [0.1, 0.15) is 0 Å². The molecule has 0 aromatic heterocycles. The van der Waals surface area contributed by atoms with Crippen molar-refractivity contribution >= 4 is 0 Å². The largest absolute Gasteiger partial charge is 0.313 e. The van der Waals surface area contributed by atoms with Gasteiger partial charge in [-0.2, -0.15) is 0 Å². The van der Waals surface area contributed by atoms with Crippen molar-refractivity contribution in [3.05, 3.63) is 35.4 Å². The summed E-state index contributed by atoms with van der Waals surface area (Å²) in [4.78, 5) is 0. The van der Waals surface area contributed by atoms with Gasteiger partial charge < -0.3 is 5.32 Å². The molecule has 1 fully saturated rings. The molecule has 1 heteroatoms. The van der Waals surface area contributed by atoms with Gasteiger partial charge in [0.05, 0.1) is 0 Å². The molecule has 0 heterocycles. The summed E-state index contributed by atoms with van der Waals surface area (Å²) in [6.45, 7) is 8.05. The van der Waals surface area contributed by atoms with Crippen LogP contribution in [0.2, 0.25) is 0 Å². The number of rotatable bonds is 5. The fourth-order valence-corrected chi connectivity index (χ4v) is 2.09. The Morgan fingerprint density at radius 1 is 1.25 bits per heavy atom. The zero-order valence-electron chi connectivity index (χ0n) is 10.7. The van der Waals surface area contributed by atoms with E-state index in [1.165, 1.54) is 30.4 Å². The number of benzene rings is 1. The molecule has 1 aliphatic carbocycles. The second kappa shape index (κ2) is 4.58. The molecule has 0 unspecified atom stereocenters. The first-order chi connectivity index (χ1) is 7.57. The van der Waals surface area contributed by atoms with Crippen LogP contribution in [0.5, 0.6) is 0 Å². The van der Waals surface area contributed by atoms with E-state index in [-0.39, 0.29) is 0 Å². The summed E-state index contributed by atoms with van der Waals surface area (Å²) in [6, 6.07) is 9.55. The topological polar surface area (TPSA) is 12.0 Å². The maximum atomic E-state index is 3.64. The van der Waals surface area contributed by atoms with Crippen molar-refractivity contribution in [1.29, 1.82) is 0 Å². The Hall–Kier alpha value is -0.820. The van der Waals surface area contributed by atoms with Gasteiger partial charge in [-0.1, -0.05) is 38.1 Å². The molecule has 1 N–H and O–H groups in total. The molecule has 0 aliphatic heterocycles. The van der Waals surface area contributed by atoms with Gasteiger partial charge in [0.2, 0.25) is 0 Å². The van der Waals surface area contributed by atoms with Crippen molar-refractivity contribution < 1.29 is 0 Å². The van der Waals surface area contributed by atoms with Crippen LogP contribution < -0.4 is 5.32 Å². The van der Waals surface area contributed by atoms with Gasteiger partial charge in [-0.15, -0.1) is 0 Å². The predicted octanol–water partition coefficient (Wildman–Crippen LogP) is 3.32. The van der Waals surface area contributed by atoms with Gasteiger partial charge in [-0.3, -0.25) is 0 Å². The average Bonchev–Trinajstić information content (AvgIpc) is 3.02. The minimum absolute atomic E-state index is 0.356. The first-order valence-corrected chi connectivity index (χ1v) is 6.35. The van der Waals surface area contributed by atoms with Gasteiger partial charge in [0.15, 0.2) is 0 Å². The molecule has 1 nitrogen and oxygen atoms in total.